The van der Waals surface area contributed by atoms with Crippen LogP contribution < -0.4 is 10.5 Å². The summed E-state index contributed by atoms with van der Waals surface area (Å²) in [5, 5.41) is 8.76. The van der Waals surface area contributed by atoms with Crippen molar-refractivity contribution in [2.75, 3.05) is 0 Å². The van der Waals surface area contributed by atoms with Crippen molar-refractivity contribution in [1.29, 1.82) is 0 Å². The van der Waals surface area contributed by atoms with Gasteiger partial charge < -0.3 is 10.5 Å². The van der Waals surface area contributed by atoms with E-state index in [2.05, 4.69) is 15.2 Å². The summed E-state index contributed by atoms with van der Waals surface area (Å²) in [7, 11) is 0. The second-order valence-electron chi connectivity index (χ2n) is 4.03. The van der Waals surface area contributed by atoms with Gasteiger partial charge in [-0.15, -0.1) is 5.10 Å². The summed E-state index contributed by atoms with van der Waals surface area (Å²) in [6.07, 6.45) is 3.25. The second kappa shape index (κ2) is 4.99. The van der Waals surface area contributed by atoms with Gasteiger partial charge in [-0.3, -0.25) is 4.98 Å². The highest BCUT2D eigenvalue weighted by atomic mass is 16.5. The van der Waals surface area contributed by atoms with Crippen LogP contribution in [0.1, 0.15) is 5.56 Å². The molecule has 0 amide bonds. The van der Waals surface area contributed by atoms with Crippen LogP contribution in [0.3, 0.4) is 0 Å². The number of hydrogen-bond donors (Lipinski definition) is 1. The van der Waals surface area contributed by atoms with Crippen molar-refractivity contribution < 1.29 is 4.74 Å². The van der Waals surface area contributed by atoms with Crippen LogP contribution in [0.15, 0.2) is 48.8 Å². The van der Waals surface area contributed by atoms with Crippen LogP contribution in [0.2, 0.25) is 0 Å². The van der Waals surface area contributed by atoms with E-state index in [-0.39, 0.29) is 0 Å². The molecule has 94 valence electrons. The predicted molar refractivity (Wildman–Crippen MR) is 71.7 cm³/mol. The Labute approximate surface area is 110 Å². The summed E-state index contributed by atoms with van der Waals surface area (Å²) in [4.78, 5) is 4.33. The molecule has 0 radical (unpaired) electrons. The van der Waals surface area contributed by atoms with Crippen LogP contribution in [-0.2, 0) is 6.54 Å². The number of aromatic nitrogens is 3. The molecule has 3 aromatic rings. The maximum atomic E-state index is 5.69. The van der Waals surface area contributed by atoms with E-state index in [1.807, 2.05) is 30.3 Å². The molecule has 19 heavy (non-hydrogen) atoms. The lowest BCUT2D eigenvalue weighted by molar-refractivity contribution is 0.447. The summed E-state index contributed by atoms with van der Waals surface area (Å²) in [6.45, 7) is 0.353. The zero-order valence-electron chi connectivity index (χ0n) is 10.2. The number of hydrogen-bond acceptors (Lipinski definition) is 5. The molecule has 0 saturated heterocycles. The Hall–Kier alpha value is -2.53. The van der Waals surface area contributed by atoms with Gasteiger partial charge in [0, 0.05) is 17.5 Å². The lowest BCUT2D eigenvalue weighted by atomic mass is 10.2. The van der Waals surface area contributed by atoms with Gasteiger partial charge in [-0.1, -0.05) is 18.2 Å². The highest BCUT2D eigenvalue weighted by Gasteiger charge is 2.06. The molecule has 5 nitrogen and oxygen atoms in total. The van der Waals surface area contributed by atoms with Gasteiger partial charge in [0.15, 0.2) is 0 Å². The van der Waals surface area contributed by atoms with E-state index < -0.39 is 0 Å². The van der Waals surface area contributed by atoms with Crippen molar-refractivity contribution in [3.63, 3.8) is 0 Å². The van der Waals surface area contributed by atoms with E-state index >= 15 is 0 Å². The van der Waals surface area contributed by atoms with Gasteiger partial charge in [0.05, 0.1) is 17.9 Å². The minimum atomic E-state index is 0.353. The Morgan fingerprint density at radius 1 is 1.16 bits per heavy atom. The third-order valence-corrected chi connectivity index (χ3v) is 2.77. The summed E-state index contributed by atoms with van der Waals surface area (Å²) in [5.41, 5.74) is 7.36. The first-order valence-electron chi connectivity index (χ1n) is 5.90. The largest absolute Gasteiger partial charge is 0.436 e. The molecule has 0 fully saturated rings. The van der Waals surface area contributed by atoms with Gasteiger partial charge in [-0.2, -0.15) is 5.10 Å². The molecule has 0 aliphatic heterocycles. The molecule has 0 atom stereocenters. The van der Waals surface area contributed by atoms with E-state index in [1.54, 1.807) is 18.5 Å². The van der Waals surface area contributed by atoms with E-state index in [0.717, 1.165) is 16.5 Å². The average molecular weight is 252 g/mol. The molecule has 0 aliphatic carbocycles. The maximum absolute atomic E-state index is 5.69. The molecule has 0 saturated carbocycles. The normalized spacial score (nSPS) is 10.6. The van der Waals surface area contributed by atoms with E-state index in [0.29, 0.717) is 18.2 Å². The number of benzene rings is 1. The van der Waals surface area contributed by atoms with Gasteiger partial charge in [-0.05, 0) is 18.2 Å². The number of fused-ring (bicyclic) bond motifs is 1. The average Bonchev–Trinajstić information content (AvgIpc) is 2.48. The molecule has 1 aromatic carbocycles. The summed E-state index contributed by atoms with van der Waals surface area (Å²) in [6, 6.07) is 11.5. The Bertz CT molecular complexity index is 714. The Kier molecular flexibility index (Phi) is 3.04. The quantitative estimate of drug-likeness (QED) is 0.774. The number of nitrogens with zero attached hydrogens (tertiary/aromatic N) is 3. The first kappa shape index (κ1) is 11.6. The lowest BCUT2D eigenvalue weighted by Crippen LogP contribution is -2.02. The van der Waals surface area contributed by atoms with E-state index in [9.17, 15) is 0 Å². The standard InChI is InChI=1S/C14H12N4O/c15-8-11-5-6-17-18-14(11)19-12-7-10-3-1-2-4-13(10)16-9-12/h1-7,9H,8,15H2. The Balaban J connectivity index is 1.96. The molecule has 0 aliphatic rings. The Morgan fingerprint density at radius 2 is 2.05 bits per heavy atom. The lowest BCUT2D eigenvalue weighted by Gasteiger charge is -2.07. The van der Waals surface area contributed by atoms with Crippen molar-refractivity contribution in [3.05, 3.63) is 54.4 Å². The van der Waals surface area contributed by atoms with Gasteiger partial charge in [0.2, 0.25) is 5.88 Å². The topological polar surface area (TPSA) is 73.9 Å². The molecular formula is C14H12N4O. The fourth-order valence-electron chi connectivity index (χ4n) is 1.80. The fourth-order valence-corrected chi connectivity index (χ4v) is 1.80. The number of ether oxygens (including phenoxy) is 1. The molecule has 2 N–H and O–H groups in total. The molecule has 0 unspecified atom stereocenters. The van der Waals surface area contributed by atoms with Crippen molar-refractivity contribution >= 4 is 10.9 Å². The van der Waals surface area contributed by atoms with Crippen molar-refractivity contribution in [2.24, 2.45) is 5.73 Å². The summed E-state index contributed by atoms with van der Waals surface area (Å²) < 4.78 is 5.69. The monoisotopic (exact) mass is 252 g/mol. The molecule has 2 heterocycles. The Morgan fingerprint density at radius 3 is 2.95 bits per heavy atom. The molecular weight excluding hydrogens is 240 g/mol. The molecule has 0 spiro atoms. The highest BCUT2D eigenvalue weighted by Crippen LogP contribution is 2.24. The third kappa shape index (κ3) is 2.36. The van der Waals surface area contributed by atoms with E-state index in [1.165, 1.54) is 0 Å². The molecule has 3 rings (SSSR count). The van der Waals surface area contributed by atoms with Gasteiger partial charge >= 0.3 is 0 Å². The van der Waals surface area contributed by atoms with Crippen LogP contribution in [0.25, 0.3) is 10.9 Å². The van der Waals surface area contributed by atoms with Gasteiger partial charge in [0.25, 0.3) is 0 Å². The number of nitrogens with two attached hydrogens (primary N) is 1. The zero-order valence-corrected chi connectivity index (χ0v) is 10.2. The third-order valence-electron chi connectivity index (χ3n) is 2.77. The zero-order chi connectivity index (χ0) is 13.1. The second-order valence-corrected chi connectivity index (χ2v) is 4.03. The van der Waals surface area contributed by atoms with Crippen LogP contribution in [0, 0.1) is 0 Å². The fraction of sp³-hybridized carbons (Fsp3) is 0.0714. The maximum Gasteiger partial charge on any atom is 0.243 e. The minimum absolute atomic E-state index is 0.353. The van der Waals surface area contributed by atoms with Gasteiger partial charge in [-0.25, -0.2) is 0 Å². The van der Waals surface area contributed by atoms with E-state index in [4.69, 9.17) is 10.5 Å². The van der Waals surface area contributed by atoms with Crippen LogP contribution in [-0.4, -0.2) is 15.2 Å². The summed E-state index contributed by atoms with van der Waals surface area (Å²) >= 11 is 0. The predicted octanol–water partition coefficient (Wildman–Crippen LogP) is 2.28. The molecule has 2 aromatic heterocycles. The number of para-hydroxylation sites is 1. The van der Waals surface area contributed by atoms with Crippen molar-refractivity contribution in [1.82, 2.24) is 15.2 Å². The van der Waals surface area contributed by atoms with Crippen LogP contribution in [0.5, 0.6) is 11.6 Å². The van der Waals surface area contributed by atoms with Crippen LogP contribution >= 0.6 is 0 Å². The molecule has 0 bridgehead atoms. The van der Waals surface area contributed by atoms with Crippen LogP contribution in [0.4, 0.5) is 0 Å². The molecule has 5 heteroatoms. The summed E-state index contributed by atoms with van der Waals surface area (Å²) in [5.74, 6) is 1.04. The van der Waals surface area contributed by atoms with Gasteiger partial charge in [0.1, 0.15) is 5.75 Å². The number of pyridine rings is 1. The SMILES string of the molecule is NCc1ccnnc1Oc1cnc2ccccc2c1. The van der Waals surface area contributed by atoms with Crippen molar-refractivity contribution in [2.45, 2.75) is 6.54 Å². The smallest absolute Gasteiger partial charge is 0.243 e. The number of rotatable bonds is 3. The first-order valence-corrected chi connectivity index (χ1v) is 5.90. The highest BCUT2D eigenvalue weighted by molar-refractivity contribution is 5.79. The van der Waals surface area contributed by atoms with Crippen molar-refractivity contribution in [3.8, 4) is 11.6 Å². The minimum Gasteiger partial charge on any atom is -0.436 e. The first-order chi connectivity index (χ1) is 9.36.